The van der Waals surface area contributed by atoms with Gasteiger partial charge in [-0.25, -0.2) is 28.1 Å². The molecule has 2 fully saturated rings. The van der Waals surface area contributed by atoms with Crippen LogP contribution in [0.15, 0.2) is 24.5 Å². The third-order valence-corrected chi connectivity index (χ3v) is 6.79. The molecule has 0 bridgehead atoms. The lowest BCUT2D eigenvalue weighted by atomic mass is 10.1. The van der Waals surface area contributed by atoms with Gasteiger partial charge in [0.25, 0.3) is 0 Å². The van der Waals surface area contributed by atoms with Crippen LogP contribution in [0.25, 0.3) is 11.4 Å². The maximum absolute atomic E-state index is 15.0. The quantitative estimate of drug-likeness (QED) is 0.536. The van der Waals surface area contributed by atoms with Gasteiger partial charge in [-0.2, -0.15) is 0 Å². The van der Waals surface area contributed by atoms with Gasteiger partial charge in [0.15, 0.2) is 5.82 Å². The highest BCUT2D eigenvalue weighted by Crippen LogP contribution is 2.31. The molecule has 1 aromatic carbocycles. The molecule has 192 valence electrons. The van der Waals surface area contributed by atoms with Gasteiger partial charge in [-0.15, -0.1) is 0 Å². The highest BCUT2D eigenvalue weighted by molar-refractivity contribution is 5.60. The summed E-state index contributed by atoms with van der Waals surface area (Å²) in [5.74, 6) is -1.13. The molecule has 11 heteroatoms. The first-order valence-electron chi connectivity index (χ1n) is 12.1. The van der Waals surface area contributed by atoms with E-state index in [1.54, 1.807) is 6.20 Å². The minimum atomic E-state index is -0.648. The van der Waals surface area contributed by atoms with E-state index in [4.69, 9.17) is 9.47 Å². The van der Waals surface area contributed by atoms with E-state index in [1.807, 2.05) is 23.3 Å². The first-order chi connectivity index (χ1) is 17.4. The van der Waals surface area contributed by atoms with Crippen molar-refractivity contribution < 1.29 is 22.6 Å². The van der Waals surface area contributed by atoms with Crippen molar-refractivity contribution in [2.75, 3.05) is 38.3 Å². The molecule has 8 nitrogen and oxygen atoms in total. The van der Waals surface area contributed by atoms with Crippen molar-refractivity contribution in [3.05, 3.63) is 53.4 Å². The molecular weight excluding hydrogens is 473 g/mol. The van der Waals surface area contributed by atoms with Crippen molar-refractivity contribution in [3.63, 3.8) is 0 Å². The van der Waals surface area contributed by atoms with Gasteiger partial charge in [-0.1, -0.05) is 0 Å². The fraction of sp³-hybridized carbons (Fsp3) is 0.480. The summed E-state index contributed by atoms with van der Waals surface area (Å²) in [7, 11) is 0. The molecule has 2 aliphatic heterocycles. The Balaban J connectivity index is 1.39. The number of rotatable bonds is 6. The maximum Gasteiger partial charge on any atom is 0.228 e. The first-order valence-corrected chi connectivity index (χ1v) is 12.1. The molecule has 36 heavy (non-hydrogen) atoms. The molecule has 3 aromatic rings. The summed E-state index contributed by atoms with van der Waals surface area (Å²) in [5.41, 5.74) is 0.670. The van der Waals surface area contributed by atoms with Crippen LogP contribution in [0.4, 0.5) is 24.8 Å². The molecule has 2 aromatic heterocycles. The lowest BCUT2D eigenvalue weighted by Crippen LogP contribution is -2.43. The zero-order chi connectivity index (χ0) is 25.2. The lowest BCUT2D eigenvalue weighted by Gasteiger charge is -2.33. The average Bonchev–Trinajstić information content (AvgIpc) is 3.26. The number of ether oxygens (including phenoxy) is 2. The molecule has 0 saturated carbocycles. The van der Waals surface area contributed by atoms with E-state index in [0.29, 0.717) is 38.7 Å². The van der Waals surface area contributed by atoms with Crippen LogP contribution in [0, 0.1) is 24.4 Å². The molecule has 0 amide bonds. The number of hydrogen-bond donors (Lipinski definition) is 1. The molecular formula is C25H29F3N6O2. The van der Waals surface area contributed by atoms with Crippen LogP contribution < -0.4 is 5.32 Å². The van der Waals surface area contributed by atoms with Gasteiger partial charge in [-0.3, -0.25) is 4.90 Å². The van der Waals surface area contributed by atoms with E-state index < -0.39 is 17.5 Å². The van der Waals surface area contributed by atoms with E-state index in [2.05, 4.69) is 20.3 Å². The molecule has 0 aliphatic carbocycles. The smallest absolute Gasteiger partial charge is 0.228 e. The van der Waals surface area contributed by atoms with E-state index in [9.17, 15) is 13.2 Å². The Hall–Kier alpha value is -3.02. The predicted molar refractivity (Wildman–Crippen MR) is 127 cm³/mol. The zero-order valence-electron chi connectivity index (χ0n) is 20.3. The second-order valence-corrected chi connectivity index (χ2v) is 9.24. The van der Waals surface area contributed by atoms with Gasteiger partial charge in [0, 0.05) is 50.0 Å². The molecule has 2 saturated heterocycles. The van der Waals surface area contributed by atoms with Crippen LogP contribution in [-0.4, -0.2) is 63.4 Å². The third kappa shape index (κ3) is 5.09. The van der Waals surface area contributed by atoms with Crippen LogP contribution in [0.3, 0.4) is 0 Å². The molecule has 1 unspecified atom stereocenters. The molecule has 0 radical (unpaired) electrons. The molecule has 4 heterocycles. The first kappa shape index (κ1) is 24.7. The second kappa shape index (κ2) is 10.5. The Labute approximate surface area is 207 Å². The topological polar surface area (TPSA) is 77.3 Å². The largest absolute Gasteiger partial charge is 0.381 e. The second-order valence-electron chi connectivity index (χ2n) is 9.24. The molecule has 2 aliphatic rings. The SMILES string of the molecule is Cc1ncc(-c2nc(Nc3cc(F)c(CN4CCOCC4C)cc3F)ncc2F)n1C1CCOCC1. The number of aromatic nitrogens is 4. The third-order valence-electron chi connectivity index (χ3n) is 6.79. The van der Waals surface area contributed by atoms with E-state index in [1.165, 1.54) is 6.07 Å². The Bertz CT molecular complexity index is 1230. The summed E-state index contributed by atoms with van der Waals surface area (Å²) in [5, 5.41) is 2.71. The fourth-order valence-electron chi connectivity index (χ4n) is 4.78. The van der Waals surface area contributed by atoms with Gasteiger partial charge < -0.3 is 19.4 Å². The number of nitrogens with one attached hydrogen (secondary N) is 1. The minimum Gasteiger partial charge on any atom is -0.381 e. The number of aryl methyl sites for hydroxylation is 1. The Morgan fingerprint density at radius 1 is 1.00 bits per heavy atom. The number of imidazole rings is 1. The summed E-state index contributed by atoms with van der Waals surface area (Å²) in [4.78, 5) is 14.7. The summed E-state index contributed by atoms with van der Waals surface area (Å²) in [6.07, 6.45) is 4.15. The zero-order valence-corrected chi connectivity index (χ0v) is 20.3. The Morgan fingerprint density at radius 3 is 2.58 bits per heavy atom. The van der Waals surface area contributed by atoms with Gasteiger partial charge in [0.05, 0.1) is 37.0 Å². The normalized spacial score (nSPS) is 19.5. The van der Waals surface area contributed by atoms with E-state index in [0.717, 1.165) is 30.9 Å². The highest BCUT2D eigenvalue weighted by atomic mass is 19.1. The van der Waals surface area contributed by atoms with E-state index >= 15 is 0 Å². The van der Waals surface area contributed by atoms with Crippen molar-refractivity contribution in [1.82, 2.24) is 24.4 Å². The molecule has 1 atom stereocenters. The number of halogens is 3. The van der Waals surface area contributed by atoms with E-state index in [-0.39, 0.29) is 41.5 Å². The van der Waals surface area contributed by atoms with Crippen LogP contribution in [-0.2, 0) is 16.0 Å². The van der Waals surface area contributed by atoms with Gasteiger partial charge in [0.2, 0.25) is 5.95 Å². The predicted octanol–water partition coefficient (Wildman–Crippen LogP) is 4.38. The standard InChI is InChI=1S/C25H29F3N6O2/c1-15-14-36-8-5-33(15)13-17-9-20(27)22(10-19(17)26)31-25-30-11-21(28)24(32-25)23-12-29-16(2)34(23)18-3-6-35-7-4-18/h9-12,15,18H,3-8,13-14H2,1-2H3,(H,30,31,32). The monoisotopic (exact) mass is 502 g/mol. The molecule has 1 N–H and O–H groups in total. The highest BCUT2D eigenvalue weighted by Gasteiger charge is 2.24. The number of morpholine rings is 1. The number of hydrogen-bond acceptors (Lipinski definition) is 7. The maximum atomic E-state index is 15.0. The van der Waals surface area contributed by atoms with Gasteiger partial charge in [0.1, 0.15) is 23.2 Å². The van der Waals surface area contributed by atoms with Crippen molar-refractivity contribution in [3.8, 4) is 11.4 Å². The van der Waals surface area contributed by atoms with Crippen LogP contribution in [0.2, 0.25) is 0 Å². The Morgan fingerprint density at radius 2 is 1.81 bits per heavy atom. The molecule has 5 rings (SSSR count). The van der Waals surface area contributed by atoms with Crippen LogP contribution >= 0.6 is 0 Å². The van der Waals surface area contributed by atoms with Crippen LogP contribution in [0.5, 0.6) is 0 Å². The fourth-order valence-corrected chi connectivity index (χ4v) is 4.78. The van der Waals surface area contributed by atoms with Crippen LogP contribution in [0.1, 0.15) is 37.2 Å². The summed E-state index contributed by atoms with van der Waals surface area (Å²) >= 11 is 0. The van der Waals surface area contributed by atoms with Crippen molar-refractivity contribution >= 4 is 11.6 Å². The number of anilines is 2. The van der Waals surface area contributed by atoms with Crippen molar-refractivity contribution in [1.29, 1.82) is 0 Å². The molecule has 0 spiro atoms. The van der Waals surface area contributed by atoms with Gasteiger partial charge >= 0.3 is 0 Å². The minimum absolute atomic E-state index is 0.0402. The van der Waals surface area contributed by atoms with Crippen molar-refractivity contribution in [2.24, 2.45) is 0 Å². The number of benzene rings is 1. The Kier molecular flexibility index (Phi) is 7.22. The lowest BCUT2D eigenvalue weighted by molar-refractivity contribution is -0.00483. The van der Waals surface area contributed by atoms with Crippen molar-refractivity contribution in [2.45, 2.75) is 45.3 Å². The average molecular weight is 503 g/mol. The summed E-state index contributed by atoms with van der Waals surface area (Å²) in [6, 6.07) is 2.48. The number of nitrogens with zero attached hydrogens (tertiary/aromatic N) is 5. The summed E-state index contributed by atoms with van der Waals surface area (Å²) in [6.45, 7) is 7.12. The van der Waals surface area contributed by atoms with Gasteiger partial charge in [-0.05, 0) is 32.8 Å². The summed E-state index contributed by atoms with van der Waals surface area (Å²) < 4.78 is 57.5.